The Labute approximate surface area is 96.3 Å². The molecule has 0 saturated carbocycles. The summed E-state index contributed by atoms with van der Waals surface area (Å²) in [6.07, 6.45) is 2.15. The summed E-state index contributed by atoms with van der Waals surface area (Å²) in [4.78, 5) is 10.3. The Morgan fingerprint density at radius 1 is 1.25 bits per heavy atom. The number of fused-ring (bicyclic) bond motifs is 3. The predicted molar refractivity (Wildman–Crippen MR) is 60.3 cm³/mol. The minimum Gasteiger partial charge on any atom is -0.428 e. The summed E-state index contributed by atoms with van der Waals surface area (Å²) in [5, 5.41) is 1.02. The van der Waals surface area contributed by atoms with Crippen molar-refractivity contribution in [1.29, 1.82) is 0 Å². The number of epoxide rings is 1. The fourth-order valence-corrected chi connectivity index (χ4v) is 4.12. The quantitative estimate of drug-likeness (QED) is 0.549. The van der Waals surface area contributed by atoms with Gasteiger partial charge in [-0.05, 0) is 32.1 Å². The maximum absolute atomic E-state index is 10.3. The van der Waals surface area contributed by atoms with Crippen molar-refractivity contribution in [3.63, 3.8) is 0 Å². The second kappa shape index (κ2) is 2.97. The van der Waals surface area contributed by atoms with Crippen LogP contribution >= 0.6 is 0 Å². The molecule has 90 valence electrons. The van der Waals surface area contributed by atoms with E-state index < -0.39 is 14.1 Å². The summed E-state index contributed by atoms with van der Waals surface area (Å²) in [5.74, 6) is -0.574. The number of rotatable bonds is 1. The average molecular weight is 242 g/mol. The molecular formula is C11H18O4Si. The number of ether oxygens (including phenoxy) is 3. The van der Waals surface area contributed by atoms with E-state index in [9.17, 15) is 4.80 Å². The second-order valence-electron chi connectivity index (χ2n) is 5.77. The van der Waals surface area contributed by atoms with Gasteiger partial charge in [0, 0.05) is 0 Å². The maximum atomic E-state index is 10.3. The normalized spacial score (nSPS) is 44.7. The van der Waals surface area contributed by atoms with E-state index in [1.54, 1.807) is 0 Å². The molecule has 16 heavy (non-hydrogen) atoms. The Hall–Kier alpha value is -0.203. The molecule has 2 fully saturated rings. The largest absolute Gasteiger partial charge is 0.428 e. The second-order valence-corrected chi connectivity index (χ2v) is 9.46. The lowest BCUT2D eigenvalue weighted by Crippen LogP contribution is -2.44. The van der Waals surface area contributed by atoms with Crippen LogP contribution < -0.4 is 0 Å². The van der Waals surface area contributed by atoms with Crippen LogP contribution in [0.5, 0.6) is 0 Å². The van der Waals surface area contributed by atoms with E-state index in [4.69, 9.17) is 14.2 Å². The van der Waals surface area contributed by atoms with Crippen LogP contribution in [0, 0.1) is 0 Å². The third-order valence-corrected chi connectivity index (χ3v) is 5.24. The average Bonchev–Trinajstić information content (AvgIpc) is 2.79. The van der Waals surface area contributed by atoms with Crippen molar-refractivity contribution in [3.05, 3.63) is 11.3 Å². The molecule has 0 aromatic rings. The minimum atomic E-state index is -2.34. The molecule has 0 amide bonds. The molecule has 2 heterocycles. The molecule has 0 aromatic carbocycles. The molecule has 5 heteroatoms. The van der Waals surface area contributed by atoms with Gasteiger partial charge in [-0.2, -0.15) is 0 Å². The standard InChI is InChI=1S/C11H18O4Si/c1-11(2)14-9-7(16(3,4)12)5-6-8(13-6)10(9)15-11/h5-6,8-10,12H,1-4H3/t6?,8-,9-,10+/m1/s1. The van der Waals surface area contributed by atoms with Crippen molar-refractivity contribution in [2.45, 2.75) is 57.1 Å². The third-order valence-electron chi connectivity index (χ3n) is 3.37. The van der Waals surface area contributed by atoms with Crippen LogP contribution in [-0.2, 0) is 14.2 Å². The van der Waals surface area contributed by atoms with Gasteiger partial charge in [0.25, 0.3) is 0 Å². The maximum Gasteiger partial charge on any atom is 0.212 e. The molecule has 3 rings (SSSR count). The van der Waals surface area contributed by atoms with Crippen molar-refractivity contribution in [2.24, 2.45) is 0 Å². The van der Waals surface area contributed by atoms with Crippen molar-refractivity contribution in [2.75, 3.05) is 0 Å². The molecule has 4 nitrogen and oxygen atoms in total. The fourth-order valence-electron chi connectivity index (χ4n) is 2.63. The van der Waals surface area contributed by atoms with E-state index in [1.165, 1.54) is 0 Å². The lowest BCUT2D eigenvalue weighted by Gasteiger charge is -2.28. The predicted octanol–water partition coefficient (Wildman–Crippen LogP) is 0.950. The van der Waals surface area contributed by atoms with Crippen LogP contribution in [0.2, 0.25) is 13.1 Å². The van der Waals surface area contributed by atoms with Gasteiger partial charge in [-0.3, -0.25) is 0 Å². The SMILES string of the molecule is CC1(C)O[C@@H]2[C@H](O1)C([Si](C)(C)O)=CC1O[C@H]12. The summed E-state index contributed by atoms with van der Waals surface area (Å²) in [6, 6.07) is 0. The highest BCUT2D eigenvalue weighted by Gasteiger charge is 2.60. The van der Waals surface area contributed by atoms with Crippen LogP contribution in [0.4, 0.5) is 0 Å². The molecule has 1 aliphatic carbocycles. The van der Waals surface area contributed by atoms with E-state index in [1.807, 2.05) is 33.0 Å². The van der Waals surface area contributed by atoms with E-state index in [2.05, 4.69) is 0 Å². The Morgan fingerprint density at radius 3 is 2.56 bits per heavy atom. The van der Waals surface area contributed by atoms with Crippen molar-refractivity contribution in [3.8, 4) is 0 Å². The molecule has 0 radical (unpaired) electrons. The van der Waals surface area contributed by atoms with Gasteiger partial charge in [0.1, 0.15) is 24.4 Å². The lowest BCUT2D eigenvalue weighted by molar-refractivity contribution is -0.144. The summed E-state index contributed by atoms with van der Waals surface area (Å²) >= 11 is 0. The monoisotopic (exact) mass is 242 g/mol. The molecule has 0 spiro atoms. The van der Waals surface area contributed by atoms with Gasteiger partial charge in [0.05, 0.1) is 0 Å². The first-order valence-electron chi connectivity index (χ1n) is 5.74. The van der Waals surface area contributed by atoms with Crippen LogP contribution in [-0.4, -0.2) is 43.3 Å². The number of hydrogen-bond acceptors (Lipinski definition) is 4. The van der Waals surface area contributed by atoms with Gasteiger partial charge < -0.3 is 19.0 Å². The zero-order chi connectivity index (χ0) is 11.7. The van der Waals surface area contributed by atoms with E-state index in [0.717, 1.165) is 5.20 Å². The highest BCUT2D eigenvalue weighted by Crippen LogP contribution is 2.46. The lowest BCUT2D eigenvalue weighted by atomic mass is 10.0. The Balaban J connectivity index is 1.95. The van der Waals surface area contributed by atoms with E-state index in [0.29, 0.717) is 0 Å². The van der Waals surface area contributed by atoms with Crippen molar-refractivity contribution >= 4 is 8.32 Å². The van der Waals surface area contributed by atoms with E-state index >= 15 is 0 Å². The van der Waals surface area contributed by atoms with Gasteiger partial charge in [-0.15, -0.1) is 0 Å². The zero-order valence-electron chi connectivity index (χ0n) is 10.1. The minimum absolute atomic E-state index is 0.0427. The Bertz CT molecular complexity index is 357. The topological polar surface area (TPSA) is 51.2 Å². The Kier molecular flexibility index (Phi) is 2.03. The molecule has 1 unspecified atom stereocenters. The van der Waals surface area contributed by atoms with Crippen LogP contribution in [0.1, 0.15) is 13.8 Å². The van der Waals surface area contributed by atoms with Gasteiger partial charge >= 0.3 is 0 Å². The molecule has 0 bridgehead atoms. The first-order valence-corrected chi connectivity index (χ1v) is 8.68. The fraction of sp³-hybridized carbons (Fsp3) is 0.818. The summed E-state index contributed by atoms with van der Waals surface area (Å²) in [7, 11) is -2.34. The van der Waals surface area contributed by atoms with Gasteiger partial charge in [-0.25, -0.2) is 0 Å². The van der Waals surface area contributed by atoms with Crippen molar-refractivity contribution < 1.29 is 19.0 Å². The smallest absolute Gasteiger partial charge is 0.212 e. The van der Waals surface area contributed by atoms with Crippen LogP contribution in [0.25, 0.3) is 0 Å². The zero-order valence-corrected chi connectivity index (χ0v) is 11.1. The summed E-state index contributed by atoms with van der Waals surface area (Å²) in [5.41, 5.74) is 0. The highest BCUT2D eigenvalue weighted by molar-refractivity contribution is 6.77. The molecular weight excluding hydrogens is 224 g/mol. The summed E-state index contributed by atoms with van der Waals surface area (Å²) < 4.78 is 17.3. The van der Waals surface area contributed by atoms with Gasteiger partial charge in [-0.1, -0.05) is 6.08 Å². The van der Waals surface area contributed by atoms with Gasteiger partial charge in [0.2, 0.25) is 8.32 Å². The molecule has 0 aromatic heterocycles. The van der Waals surface area contributed by atoms with Crippen LogP contribution in [0.3, 0.4) is 0 Å². The third kappa shape index (κ3) is 1.58. The van der Waals surface area contributed by atoms with Crippen LogP contribution in [0.15, 0.2) is 11.3 Å². The van der Waals surface area contributed by atoms with Gasteiger partial charge in [0.15, 0.2) is 5.79 Å². The van der Waals surface area contributed by atoms with Crippen molar-refractivity contribution in [1.82, 2.24) is 0 Å². The highest BCUT2D eigenvalue weighted by atomic mass is 28.4. The molecule has 4 atom stereocenters. The van der Waals surface area contributed by atoms with E-state index in [-0.39, 0.29) is 24.4 Å². The Morgan fingerprint density at radius 2 is 1.94 bits per heavy atom. The molecule has 3 aliphatic rings. The molecule has 2 aliphatic heterocycles. The molecule has 1 N–H and O–H groups in total. The summed E-state index contributed by atoms with van der Waals surface area (Å²) in [6.45, 7) is 7.64. The molecule has 2 saturated heterocycles. The first kappa shape index (κ1) is 10.9. The number of hydrogen-bond donors (Lipinski definition) is 1. The first-order chi connectivity index (χ1) is 7.28.